The van der Waals surface area contributed by atoms with Crippen LogP contribution in [0.2, 0.25) is 0 Å². The van der Waals surface area contributed by atoms with Gasteiger partial charge >= 0.3 is 0 Å². The Morgan fingerprint density at radius 2 is 1.89 bits per heavy atom. The summed E-state index contributed by atoms with van der Waals surface area (Å²) in [4.78, 5) is 10.3. The molecule has 0 spiro atoms. The van der Waals surface area contributed by atoms with Gasteiger partial charge in [0.05, 0.1) is 11.5 Å². The van der Waals surface area contributed by atoms with Gasteiger partial charge < -0.3 is 15.6 Å². The second kappa shape index (κ2) is 1.99. The predicted octanol–water partition coefficient (Wildman–Crippen LogP) is -0.992. The van der Waals surface area contributed by atoms with Crippen molar-refractivity contribution in [3.63, 3.8) is 0 Å². The Bertz CT molecular complexity index is 127. The lowest BCUT2D eigenvalue weighted by Gasteiger charge is -2.23. The number of carbonyl (C=O) groups excluding carboxylic acids is 1. The Morgan fingerprint density at radius 3 is 2.11 bits per heavy atom. The zero-order valence-corrected chi connectivity index (χ0v) is 5.22. The molecular formula is C6H10NO2-. The van der Waals surface area contributed by atoms with Crippen LogP contribution in [0.1, 0.15) is 25.7 Å². The SMILES string of the molecule is NC1(C(=O)[O-])CCCC1. The molecule has 0 aromatic heterocycles. The summed E-state index contributed by atoms with van der Waals surface area (Å²) in [7, 11) is 0. The molecular weight excluding hydrogens is 118 g/mol. The van der Waals surface area contributed by atoms with E-state index in [9.17, 15) is 9.90 Å². The van der Waals surface area contributed by atoms with Gasteiger partial charge in [0.1, 0.15) is 0 Å². The number of hydrogen-bond acceptors (Lipinski definition) is 3. The molecule has 1 aliphatic carbocycles. The second-order valence-electron chi connectivity index (χ2n) is 2.65. The van der Waals surface area contributed by atoms with Crippen LogP contribution >= 0.6 is 0 Å². The minimum Gasteiger partial charge on any atom is -0.548 e. The van der Waals surface area contributed by atoms with Crippen LogP contribution in [-0.4, -0.2) is 11.5 Å². The summed E-state index contributed by atoms with van der Waals surface area (Å²) in [6, 6.07) is 0. The van der Waals surface area contributed by atoms with Crippen molar-refractivity contribution in [3.05, 3.63) is 0 Å². The molecule has 0 amide bonds. The molecule has 1 fully saturated rings. The van der Waals surface area contributed by atoms with Crippen molar-refractivity contribution in [1.29, 1.82) is 0 Å². The number of carbonyl (C=O) groups is 1. The lowest BCUT2D eigenvalue weighted by molar-refractivity contribution is -0.312. The van der Waals surface area contributed by atoms with E-state index < -0.39 is 11.5 Å². The van der Waals surface area contributed by atoms with E-state index in [4.69, 9.17) is 5.73 Å². The average Bonchev–Trinajstić information content (AvgIpc) is 2.16. The van der Waals surface area contributed by atoms with Gasteiger partial charge in [-0.3, -0.25) is 0 Å². The molecule has 0 aromatic carbocycles. The Labute approximate surface area is 53.9 Å². The molecule has 1 saturated carbocycles. The van der Waals surface area contributed by atoms with Crippen molar-refractivity contribution in [3.8, 4) is 0 Å². The zero-order valence-electron chi connectivity index (χ0n) is 5.22. The zero-order chi connectivity index (χ0) is 6.91. The molecule has 0 unspecified atom stereocenters. The van der Waals surface area contributed by atoms with Crippen molar-refractivity contribution < 1.29 is 9.90 Å². The fourth-order valence-electron chi connectivity index (χ4n) is 1.21. The summed E-state index contributed by atoms with van der Waals surface area (Å²) in [6.07, 6.45) is 3.00. The van der Waals surface area contributed by atoms with Crippen LogP contribution in [0.25, 0.3) is 0 Å². The van der Waals surface area contributed by atoms with Gasteiger partial charge in [0.15, 0.2) is 0 Å². The smallest absolute Gasteiger partial charge is 0.0613 e. The van der Waals surface area contributed by atoms with Gasteiger partial charge in [-0.2, -0.15) is 0 Å². The van der Waals surface area contributed by atoms with E-state index in [-0.39, 0.29) is 0 Å². The van der Waals surface area contributed by atoms with Gasteiger partial charge in [-0.15, -0.1) is 0 Å². The molecule has 0 saturated heterocycles. The number of aliphatic carboxylic acids is 1. The fourth-order valence-corrected chi connectivity index (χ4v) is 1.21. The van der Waals surface area contributed by atoms with E-state index in [1.165, 1.54) is 0 Å². The first-order valence-corrected chi connectivity index (χ1v) is 3.15. The fraction of sp³-hybridized carbons (Fsp3) is 0.833. The lowest BCUT2D eigenvalue weighted by Crippen LogP contribution is -2.53. The Hall–Kier alpha value is -0.570. The highest BCUT2D eigenvalue weighted by molar-refractivity contribution is 5.76. The average molecular weight is 128 g/mol. The number of carboxylic acid groups (broad SMARTS) is 1. The van der Waals surface area contributed by atoms with E-state index in [1.807, 2.05) is 0 Å². The summed E-state index contributed by atoms with van der Waals surface area (Å²) < 4.78 is 0. The van der Waals surface area contributed by atoms with Crippen LogP contribution < -0.4 is 10.8 Å². The molecule has 0 aliphatic heterocycles. The van der Waals surface area contributed by atoms with Crippen molar-refractivity contribution in [2.24, 2.45) is 5.73 Å². The number of nitrogens with two attached hydrogens (primary N) is 1. The molecule has 1 aliphatic rings. The number of carboxylic acids is 1. The molecule has 0 atom stereocenters. The quantitative estimate of drug-likeness (QED) is 0.493. The van der Waals surface area contributed by atoms with E-state index in [0.29, 0.717) is 12.8 Å². The first-order valence-electron chi connectivity index (χ1n) is 3.15. The third kappa shape index (κ3) is 1.05. The minimum atomic E-state index is -1.10. The second-order valence-corrected chi connectivity index (χ2v) is 2.65. The molecule has 0 aromatic rings. The summed E-state index contributed by atoms with van der Waals surface area (Å²) in [5, 5.41) is 10.3. The van der Waals surface area contributed by atoms with Crippen molar-refractivity contribution in [2.75, 3.05) is 0 Å². The normalized spacial score (nSPS) is 24.1. The monoisotopic (exact) mass is 128 g/mol. The maximum absolute atomic E-state index is 10.3. The van der Waals surface area contributed by atoms with Crippen molar-refractivity contribution >= 4 is 5.97 Å². The highest BCUT2D eigenvalue weighted by Crippen LogP contribution is 2.26. The van der Waals surface area contributed by atoms with Crippen LogP contribution in [0.4, 0.5) is 0 Å². The maximum atomic E-state index is 10.3. The Kier molecular flexibility index (Phi) is 1.45. The molecule has 1 rings (SSSR count). The molecule has 2 N–H and O–H groups in total. The van der Waals surface area contributed by atoms with Crippen LogP contribution in [0, 0.1) is 0 Å². The topological polar surface area (TPSA) is 66.2 Å². The highest BCUT2D eigenvalue weighted by Gasteiger charge is 2.30. The van der Waals surface area contributed by atoms with Gasteiger partial charge in [0.2, 0.25) is 0 Å². The largest absolute Gasteiger partial charge is 0.548 e. The van der Waals surface area contributed by atoms with Gasteiger partial charge in [0.25, 0.3) is 0 Å². The Morgan fingerprint density at radius 1 is 1.44 bits per heavy atom. The third-order valence-corrected chi connectivity index (χ3v) is 1.90. The van der Waals surface area contributed by atoms with E-state index in [1.54, 1.807) is 0 Å². The van der Waals surface area contributed by atoms with Crippen LogP contribution in [0.3, 0.4) is 0 Å². The molecule has 52 valence electrons. The summed E-state index contributed by atoms with van der Waals surface area (Å²) in [5.74, 6) is -1.10. The standard InChI is InChI=1S/C6H11NO2/c7-6(5(8)9)3-1-2-4-6/h1-4,7H2,(H,8,9)/p-1. The minimum absolute atomic E-state index is 0.579. The molecule has 9 heavy (non-hydrogen) atoms. The van der Waals surface area contributed by atoms with E-state index in [2.05, 4.69) is 0 Å². The van der Waals surface area contributed by atoms with E-state index >= 15 is 0 Å². The molecule has 3 nitrogen and oxygen atoms in total. The maximum Gasteiger partial charge on any atom is 0.0613 e. The van der Waals surface area contributed by atoms with Crippen LogP contribution in [-0.2, 0) is 4.79 Å². The highest BCUT2D eigenvalue weighted by atomic mass is 16.4. The molecule has 0 heterocycles. The first-order chi connectivity index (χ1) is 4.15. The molecule has 0 radical (unpaired) electrons. The number of rotatable bonds is 1. The van der Waals surface area contributed by atoms with Gasteiger partial charge in [0, 0.05) is 0 Å². The van der Waals surface area contributed by atoms with Crippen LogP contribution in [0.15, 0.2) is 0 Å². The summed E-state index contributed by atoms with van der Waals surface area (Å²) >= 11 is 0. The predicted molar refractivity (Wildman–Crippen MR) is 30.4 cm³/mol. The molecule has 3 heteroatoms. The third-order valence-electron chi connectivity index (χ3n) is 1.90. The summed E-state index contributed by atoms with van der Waals surface area (Å²) in [5.41, 5.74) is 4.44. The van der Waals surface area contributed by atoms with Crippen molar-refractivity contribution in [1.82, 2.24) is 0 Å². The summed E-state index contributed by atoms with van der Waals surface area (Å²) in [6.45, 7) is 0. The lowest BCUT2D eigenvalue weighted by atomic mass is 10.0. The molecule has 0 bridgehead atoms. The van der Waals surface area contributed by atoms with Crippen molar-refractivity contribution in [2.45, 2.75) is 31.2 Å². The number of hydrogen-bond donors (Lipinski definition) is 1. The van der Waals surface area contributed by atoms with Gasteiger partial charge in [-0.25, -0.2) is 0 Å². The Balaban J connectivity index is 2.61. The first kappa shape index (κ1) is 6.55. The van der Waals surface area contributed by atoms with Gasteiger partial charge in [-0.1, -0.05) is 12.8 Å². The van der Waals surface area contributed by atoms with Gasteiger partial charge in [-0.05, 0) is 12.8 Å². The van der Waals surface area contributed by atoms with E-state index in [0.717, 1.165) is 12.8 Å². The van der Waals surface area contributed by atoms with Crippen LogP contribution in [0.5, 0.6) is 0 Å².